The highest BCUT2D eigenvalue weighted by atomic mass is 16.3. The van der Waals surface area contributed by atoms with Gasteiger partial charge >= 0.3 is 0 Å². The van der Waals surface area contributed by atoms with E-state index in [-0.39, 0.29) is 35.5 Å². The van der Waals surface area contributed by atoms with Gasteiger partial charge in [0.1, 0.15) is 18.0 Å². The maximum Gasteiger partial charge on any atom is 0.248 e. The number of ketones is 1. The van der Waals surface area contributed by atoms with E-state index in [4.69, 9.17) is 10.7 Å². The van der Waals surface area contributed by atoms with Crippen molar-refractivity contribution < 1.29 is 19.8 Å². The van der Waals surface area contributed by atoms with Crippen LogP contribution >= 0.6 is 0 Å². The fourth-order valence-electron chi connectivity index (χ4n) is 5.70. The Morgan fingerprint density at radius 1 is 1.17 bits per heavy atom. The molecule has 0 spiro atoms. The first kappa shape index (κ1) is 23.4. The van der Waals surface area contributed by atoms with Crippen LogP contribution in [-0.2, 0) is 10.4 Å². The SMILES string of the molecule is CC(=O)c1c(C2CC3CCC(C2)N3C(=O)CO)nc2c(-c3ccc(C(C)(C)O)nc3)cnn2c1N. The number of fused-ring (bicyclic) bond motifs is 3. The predicted molar refractivity (Wildman–Crippen MR) is 129 cm³/mol. The van der Waals surface area contributed by atoms with Gasteiger partial charge in [0.15, 0.2) is 11.4 Å². The van der Waals surface area contributed by atoms with Gasteiger partial charge in [0.25, 0.3) is 0 Å². The number of aromatic nitrogens is 4. The summed E-state index contributed by atoms with van der Waals surface area (Å²) < 4.78 is 1.48. The number of piperidine rings is 1. The first-order chi connectivity index (χ1) is 16.6. The molecule has 4 N–H and O–H groups in total. The number of amides is 1. The number of nitrogens with zero attached hydrogens (tertiary/aromatic N) is 5. The minimum atomic E-state index is -1.06. The zero-order chi connectivity index (χ0) is 25.1. The normalized spacial score (nSPS) is 22.1. The van der Waals surface area contributed by atoms with E-state index >= 15 is 0 Å². The first-order valence-electron chi connectivity index (χ1n) is 11.9. The third-order valence-corrected chi connectivity index (χ3v) is 7.31. The molecule has 3 aromatic heterocycles. The molecular formula is C25H30N6O4. The second-order valence-corrected chi connectivity index (χ2v) is 10.1. The van der Waals surface area contributed by atoms with Crippen LogP contribution in [0.4, 0.5) is 5.82 Å². The summed E-state index contributed by atoms with van der Waals surface area (Å²) in [5.74, 6) is -0.224. The lowest BCUT2D eigenvalue weighted by Gasteiger charge is -2.39. The number of hydrogen-bond donors (Lipinski definition) is 3. The molecule has 1 amide bonds. The number of carbonyl (C=O) groups excluding carboxylic acids is 2. The Morgan fingerprint density at radius 3 is 2.40 bits per heavy atom. The van der Waals surface area contributed by atoms with Crippen LogP contribution < -0.4 is 5.73 Å². The molecule has 2 aliphatic heterocycles. The van der Waals surface area contributed by atoms with Gasteiger partial charge in [-0.25, -0.2) is 4.98 Å². The fourth-order valence-corrected chi connectivity index (χ4v) is 5.70. The topological polar surface area (TPSA) is 147 Å². The predicted octanol–water partition coefficient (Wildman–Crippen LogP) is 2.03. The van der Waals surface area contributed by atoms with Crippen molar-refractivity contribution in [3.8, 4) is 11.1 Å². The van der Waals surface area contributed by atoms with Gasteiger partial charge < -0.3 is 20.8 Å². The van der Waals surface area contributed by atoms with E-state index in [0.717, 1.165) is 24.0 Å². The Balaban J connectivity index is 1.59. The number of nitrogens with two attached hydrogens (primary N) is 1. The van der Waals surface area contributed by atoms with Crippen LogP contribution in [0, 0.1) is 0 Å². The molecule has 2 fully saturated rings. The van der Waals surface area contributed by atoms with Crippen molar-refractivity contribution >= 4 is 23.2 Å². The van der Waals surface area contributed by atoms with Crippen molar-refractivity contribution in [2.24, 2.45) is 0 Å². The van der Waals surface area contributed by atoms with Gasteiger partial charge in [-0.1, -0.05) is 6.07 Å². The Hall–Kier alpha value is -3.37. The van der Waals surface area contributed by atoms with E-state index in [1.54, 1.807) is 32.3 Å². The number of Topliss-reactive ketones (excluding diaryl/α,β-unsaturated/α-hetero) is 1. The van der Waals surface area contributed by atoms with E-state index in [1.165, 1.54) is 11.4 Å². The van der Waals surface area contributed by atoms with E-state index in [2.05, 4.69) is 10.1 Å². The average Bonchev–Trinajstić information content (AvgIpc) is 3.36. The molecular weight excluding hydrogens is 448 g/mol. The number of nitrogen functional groups attached to an aromatic ring is 1. The van der Waals surface area contributed by atoms with Crippen molar-refractivity contribution in [3.63, 3.8) is 0 Å². The molecule has 10 nitrogen and oxygen atoms in total. The molecule has 2 atom stereocenters. The van der Waals surface area contributed by atoms with Gasteiger partial charge in [-0.2, -0.15) is 9.61 Å². The van der Waals surface area contributed by atoms with Crippen LogP contribution in [0.2, 0.25) is 0 Å². The van der Waals surface area contributed by atoms with Gasteiger partial charge in [-0.15, -0.1) is 0 Å². The minimum Gasteiger partial charge on any atom is -0.387 e. The fraction of sp³-hybridized carbons (Fsp3) is 0.480. The van der Waals surface area contributed by atoms with Crippen LogP contribution in [0.1, 0.15) is 74.1 Å². The van der Waals surface area contributed by atoms with Crippen LogP contribution in [0.3, 0.4) is 0 Å². The van der Waals surface area contributed by atoms with Gasteiger partial charge in [0, 0.05) is 35.3 Å². The molecule has 2 unspecified atom stereocenters. The molecule has 3 aromatic rings. The second-order valence-electron chi connectivity index (χ2n) is 10.1. The summed E-state index contributed by atoms with van der Waals surface area (Å²) in [6, 6.07) is 3.65. The Labute approximate surface area is 202 Å². The average molecular weight is 479 g/mol. The molecule has 35 heavy (non-hydrogen) atoms. The van der Waals surface area contributed by atoms with Gasteiger partial charge in [0.2, 0.25) is 5.91 Å². The quantitative estimate of drug-likeness (QED) is 0.472. The number of pyridine rings is 1. The Morgan fingerprint density at radius 2 is 1.86 bits per heavy atom. The summed E-state index contributed by atoms with van der Waals surface area (Å²) in [6.45, 7) is 4.34. The van der Waals surface area contributed by atoms with E-state index in [9.17, 15) is 19.8 Å². The third kappa shape index (κ3) is 3.86. The minimum absolute atomic E-state index is 0.0143. The van der Waals surface area contributed by atoms with Crippen LogP contribution in [-0.4, -0.2) is 65.1 Å². The molecule has 2 bridgehead atoms. The summed E-state index contributed by atoms with van der Waals surface area (Å²) in [5.41, 5.74) is 8.99. The molecule has 184 valence electrons. The third-order valence-electron chi connectivity index (χ3n) is 7.31. The van der Waals surface area contributed by atoms with Crippen molar-refractivity contribution in [1.29, 1.82) is 0 Å². The zero-order valence-corrected chi connectivity index (χ0v) is 20.1. The Bertz CT molecular complexity index is 1300. The second kappa shape index (κ2) is 8.39. The lowest BCUT2D eigenvalue weighted by atomic mass is 9.85. The number of aliphatic hydroxyl groups excluding tert-OH is 1. The number of anilines is 1. The van der Waals surface area contributed by atoms with E-state index < -0.39 is 12.2 Å². The maximum atomic E-state index is 12.7. The highest BCUT2D eigenvalue weighted by molar-refractivity contribution is 6.00. The highest BCUT2D eigenvalue weighted by Gasteiger charge is 2.44. The van der Waals surface area contributed by atoms with Crippen molar-refractivity contribution in [2.45, 2.75) is 70.1 Å². The molecule has 0 aromatic carbocycles. The molecule has 5 heterocycles. The summed E-state index contributed by atoms with van der Waals surface area (Å²) in [6.07, 6.45) is 6.39. The molecule has 0 saturated carbocycles. The summed E-state index contributed by atoms with van der Waals surface area (Å²) in [4.78, 5) is 36.1. The lowest BCUT2D eigenvalue weighted by molar-refractivity contribution is -0.138. The van der Waals surface area contributed by atoms with E-state index in [0.29, 0.717) is 35.4 Å². The number of aliphatic hydroxyl groups is 2. The van der Waals surface area contributed by atoms with Crippen LogP contribution in [0.15, 0.2) is 24.5 Å². The van der Waals surface area contributed by atoms with Crippen molar-refractivity contribution in [1.82, 2.24) is 24.5 Å². The molecule has 0 radical (unpaired) electrons. The zero-order valence-electron chi connectivity index (χ0n) is 20.1. The standard InChI is InChI=1S/C25H30N6O4/c1-13(33)21-22(15-8-16-5-6-17(9-15)30(16)20(34)12-32)29-24-18(11-28-31(24)23(21)26)14-4-7-19(27-10-14)25(2,3)35/h4,7,10-11,15-17,32,35H,5-6,8-9,12,26H2,1-3H3. The molecule has 2 aliphatic rings. The maximum absolute atomic E-state index is 12.7. The molecule has 5 rings (SSSR count). The number of carbonyl (C=O) groups is 2. The number of rotatable bonds is 5. The highest BCUT2D eigenvalue weighted by Crippen LogP contribution is 2.44. The van der Waals surface area contributed by atoms with Crippen LogP contribution in [0.5, 0.6) is 0 Å². The van der Waals surface area contributed by atoms with Gasteiger partial charge in [0.05, 0.1) is 23.1 Å². The van der Waals surface area contributed by atoms with Crippen LogP contribution in [0.25, 0.3) is 16.8 Å². The summed E-state index contributed by atoms with van der Waals surface area (Å²) in [7, 11) is 0. The van der Waals surface area contributed by atoms with Crippen molar-refractivity contribution in [2.75, 3.05) is 12.3 Å². The molecule has 2 saturated heterocycles. The van der Waals surface area contributed by atoms with Gasteiger partial charge in [-0.05, 0) is 52.5 Å². The van der Waals surface area contributed by atoms with Gasteiger partial charge in [-0.3, -0.25) is 14.6 Å². The smallest absolute Gasteiger partial charge is 0.248 e. The Kier molecular flexibility index (Phi) is 5.60. The lowest BCUT2D eigenvalue weighted by Crippen LogP contribution is -2.47. The summed E-state index contributed by atoms with van der Waals surface area (Å²) >= 11 is 0. The molecule has 0 aliphatic carbocycles. The largest absolute Gasteiger partial charge is 0.387 e. The van der Waals surface area contributed by atoms with E-state index in [1.807, 2.05) is 11.0 Å². The molecule has 10 heteroatoms. The first-order valence-corrected chi connectivity index (χ1v) is 11.9. The summed E-state index contributed by atoms with van der Waals surface area (Å²) in [5, 5.41) is 24.0. The monoisotopic (exact) mass is 478 g/mol. The van der Waals surface area contributed by atoms with Crippen molar-refractivity contribution in [3.05, 3.63) is 41.5 Å². The number of hydrogen-bond acceptors (Lipinski definition) is 8.